The highest BCUT2D eigenvalue weighted by Crippen LogP contribution is 2.49. The predicted octanol–water partition coefficient (Wildman–Crippen LogP) is 6.02. The molecular weight excluding hydrogens is 316 g/mol. The molecule has 128 valence electrons. The molecule has 0 aromatic heterocycles. The van der Waals surface area contributed by atoms with E-state index < -0.39 is 0 Å². The molecule has 0 unspecified atom stereocenters. The highest BCUT2D eigenvalue weighted by molar-refractivity contribution is 5.98. The molecule has 2 aliphatic rings. The SMILES string of the molecule is CC(=O)/C=C/C1=C(c2ccccc2)C(=C/c2ccccc2)/C=C1C1CC1. The van der Waals surface area contributed by atoms with Crippen LogP contribution in [-0.4, -0.2) is 5.78 Å². The number of hydrogen-bond acceptors (Lipinski definition) is 1. The fourth-order valence-corrected chi connectivity index (χ4v) is 3.50. The van der Waals surface area contributed by atoms with E-state index in [9.17, 15) is 4.79 Å². The molecule has 26 heavy (non-hydrogen) atoms. The molecule has 0 spiro atoms. The molecule has 4 rings (SSSR count). The van der Waals surface area contributed by atoms with Crippen LogP contribution in [0.3, 0.4) is 0 Å². The van der Waals surface area contributed by atoms with Crippen molar-refractivity contribution >= 4 is 17.4 Å². The van der Waals surface area contributed by atoms with E-state index in [4.69, 9.17) is 0 Å². The van der Waals surface area contributed by atoms with Gasteiger partial charge in [-0.3, -0.25) is 4.79 Å². The fourth-order valence-electron chi connectivity index (χ4n) is 3.50. The third-order valence-corrected chi connectivity index (χ3v) is 4.87. The van der Waals surface area contributed by atoms with Crippen LogP contribution in [0.5, 0.6) is 0 Å². The second kappa shape index (κ2) is 7.13. The minimum absolute atomic E-state index is 0.0838. The van der Waals surface area contributed by atoms with E-state index in [1.165, 1.54) is 46.3 Å². The summed E-state index contributed by atoms with van der Waals surface area (Å²) in [5, 5.41) is 0. The Morgan fingerprint density at radius 2 is 1.62 bits per heavy atom. The lowest BCUT2D eigenvalue weighted by Crippen LogP contribution is -1.92. The Labute approximate surface area is 155 Å². The molecule has 0 amide bonds. The van der Waals surface area contributed by atoms with E-state index in [1.54, 1.807) is 13.0 Å². The predicted molar refractivity (Wildman–Crippen MR) is 108 cm³/mol. The van der Waals surface area contributed by atoms with Gasteiger partial charge in [-0.25, -0.2) is 0 Å². The minimum atomic E-state index is 0.0838. The molecule has 0 N–H and O–H groups in total. The van der Waals surface area contributed by atoms with Crippen LogP contribution in [0.15, 0.2) is 95.6 Å². The summed E-state index contributed by atoms with van der Waals surface area (Å²) in [7, 11) is 0. The van der Waals surface area contributed by atoms with Gasteiger partial charge >= 0.3 is 0 Å². The lowest BCUT2D eigenvalue weighted by Gasteiger charge is -2.10. The lowest BCUT2D eigenvalue weighted by atomic mass is 9.94. The van der Waals surface area contributed by atoms with Crippen LogP contribution in [0.4, 0.5) is 0 Å². The summed E-state index contributed by atoms with van der Waals surface area (Å²) in [6.07, 6.45) is 10.8. The van der Waals surface area contributed by atoms with Crippen molar-refractivity contribution in [3.05, 3.63) is 107 Å². The molecule has 2 aromatic carbocycles. The number of carbonyl (C=O) groups is 1. The zero-order chi connectivity index (χ0) is 17.9. The Bertz CT molecular complexity index is 936. The van der Waals surface area contributed by atoms with Gasteiger partial charge in [0.2, 0.25) is 0 Å². The molecule has 1 fully saturated rings. The highest BCUT2D eigenvalue weighted by atomic mass is 16.1. The van der Waals surface area contributed by atoms with Gasteiger partial charge in [-0.05, 0) is 71.3 Å². The summed E-state index contributed by atoms with van der Waals surface area (Å²) in [6, 6.07) is 20.9. The average molecular weight is 338 g/mol. The number of carbonyl (C=O) groups excluding carboxylic acids is 1. The second-order valence-corrected chi connectivity index (χ2v) is 6.98. The summed E-state index contributed by atoms with van der Waals surface area (Å²) in [5.74, 6) is 0.711. The zero-order valence-corrected chi connectivity index (χ0v) is 15.0. The molecule has 0 aliphatic heterocycles. The zero-order valence-electron chi connectivity index (χ0n) is 15.0. The quantitative estimate of drug-likeness (QED) is 0.609. The molecule has 0 saturated heterocycles. The minimum Gasteiger partial charge on any atom is -0.295 e. The maximum atomic E-state index is 11.6. The number of hydrogen-bond donors (Lipinski definition) is 0. The second-order valence-electron chi connectivity index (χ2n) is 6.98. The Morgan fingerprint density at radius 3 is 2.23 bits per heavy atom. The molecule has 2 aliphatic carbocycles. The van der Waals surface area contributed by atoms with Crippen LogP contribution < -0.4 is 0 Å². The van der Waals surface area contributed by atoms with Crippen molar-refractivity contribution in [2.75, 3.05) is 0 Å². The van der Waals surface area contributed by atoms with Crippen molar-refractivity contribution in [3.63, 3.8) is 0 Å². The Kier molecular flexibility index (Phi) is 4.53. The largest absolute Gasteiger partial charge is 0.295 e. The van der Waals surface area contributed by atoms with E-state index in [0.717, 1.165) is 0 Å². The number of benzene rings is 2. The molecule has 0 atom stereocenters. The summed E-state index contributed by atoms with van der Waals surface area (Å²) >= 11 is 0. The van der Waals surface area contributed by atoms with Gasteiger partial charge in [-0.1, -0.05) is 72.8 Å². The maximum Gasteiger partial charge on any atom is 0.152 e. The van der Waals surface area contributed by atoms with Crippen LogP contribution in [0, 0.1) is 5.92 Å². The van der Waals surface area contributed by atoms with Crippen LogP contribution in [0.2, 0.25) is 0 Å². The molecule has 1 saturated carbocycles. The van der Waals surface area contributed by atoms with Gasteiger partial charge in [0.15, 0.2) is 5.78 Å². The van der Waals surface area contributed by atoms with Crippen LogP contribution in [0.1, 0.15) is 30.9 Å². The first-order valence-corrected chi connectivity index (χ1v) is 9.20. The van der Waals surface area contributed by atoms with E-state index in [2.05, 4.69) is 60.7 Å². The monoisotopic (exact) mass is 338 g/mol. The van der Waals surface area contributed by atoms with E-state index in [0.29, 0.717) is 5.92 Å². The van der Waals surface area contributed by atoms with E-state index >= 15 is 0 Å². The Balaban J connectivity index is 1.89. The van der Waals surface area contributed by atoms with Gasteiger partial charge in [0.1, 0.15) is 0 Å². The molecule has 0 heterocycles. The van der Waals surface area contributed by atoms with Gasteiger partial charge < -0.3 is 0 Å². The first kappa shape index (κ1) is 16.5. The van der Waals surface area contributed by atoms with Gasteiger partial charge in [-0.2, -0.15) is 0 Å². The molecule has 0 radical (unpaired) electrons. The molecular formula is C25H22O. The van der Waals surface area contributed by atoms with Crippen molar-refractivity contribution in [3.8, 4) is 0 Å². The van der Waals surface area contributed by atoms with Gasteiger partial charge in [-0.15, -0.1) is 0 Å². The maximum absolute atomic E-state index is 11.6. The summed E-state index contributed by atoms with van der Waals surface area (Å²) < 4.78 is 0. The van der Waals surface area contributed by atoms with Crippen molar-refractivity contribution in [1.82, 2.24) is 0 Å². The van der Waals surface area contributed by atoms with Gasteiger partial charge in [0, 0.05) is 0 Å². The fraction of sp³-hybridized carbons (Fsp3) is 0.160. The summed E-state index contributed by atoms with van der Waals surface area (Å²) in [4.78, 5) is 11.6. The van der Waals surface area contributed by atoms with Crippen LogP contribution in [0.25, 0.3) is 11.6 Å². The third-order valence-electron chi connectivity index (χ3n) is 4.87. The van der Waals surface area contributed by atoms with Crippen molar-refractivity contribution in [1.29, 1.82) is 0 Å². The molecule has 1 nitrogen and oxygen atoms in total. The number of ketones is 1. The topological polar surface area (TPSA) is 17.1 Å². The third kappa shape index (κ3) is 3.52. The first-order valence-electron chi connectivity index (χ1n) is 9.20. The van der Waals surface area contributed by atoms with Crippen LogP contribution in [-0.2, 0) is 4.79 Å². The smallest absolute Gasteiger partial charge is 0.152 e. The lowest BCUT2D eigenvalue weighted by molar-refractivity contribution is -0.112. The van der Waals surface area contributed by atoms with E-state index in [1.807, 2.05) is 18.2 Å². The standard InChI is InChI=1S/C25H22O/c1-18(26)12-15-23-24(20-13-14-20)17-22(16-19-8-4-2-5-9-19)25(23)21-10-6-3-7-11-21/h2-12,15-17,20H,13-14H2,1H3/b15-12+,22-16+. The first-order chi connectivity index (χ1) is 12.7. The van der Waals surface area contributed by atoms with Crippen molar-refractivity contribution in [2.45, 2.75) is 19.8 Å². The Hall–Kier alpha value is -2.93. The number of rotatable bonds is 5. The summed E-state index contributed by atoms with van der Waals surface area (Å²) in [6.45, 7) is 1.61. The van der Waals surface area contributed by atoms with Crippen molar-refractivity contribution in [2.24, 2.45) is 5.92 Å². The van der Waals surface area contributed by atoms with Crippen molar-refractivity contribution < 1.29 is 4.79 Å². The van der Waals surface area contributed by atoms with Gasteiger partial charge in [0.25, 0.3) is 0 Å². The van der Waals surface area contributed by atoms with Crippen LogP contribution >= 0.6 is 0 Å². The molecule has 1 heteroatoms. The van der Waals surface area contributed by atoms with E-state index in [-0.39, 0.29) is 5.78 Å². The molecule has 2 aromatic rings. The number of allylic oxidation sites excluding steroid dienone is 7. The normalized spacial score (nSPS) is 18.7. The Morgan fingerprint density at radius 1 is 0.962 bits per heavy atom. The average Bonchev–Trinajstić information content (AvgIpc) is 3.44. The molecule has 0 bridgehead atoms. The highest BCUT2D eigenvalue weighted by Gasteiger charge is 2.33. The van der Waals surface area contributed by atoms with Gasteiger partial charge in [0.05, 0.1) is 0 Å². The summed E-state index contributed by atoms with van der Waals surface area (Å²) in [5.41, 5.74) is 7.44.